The Kier molecular flexibility index (Phi) is 13.6. The molecular weight excluding hydrogens is 256 g/mol. The van der Waals surface area contributed by atoms with E-state index in [1.54, 1.807) is 0 Å². The number of epoxide rings is 1. The minimum Gasteiger partial charge on any atom is -0.412 e. The van der Waals surface area contributed by atoms with Crippen LogP contribution in [0.15, 0.2) is 0 Å². The van der Waals surface area contributed by atoms with Crippen LogP contribution in [0.25, 0.3) is 0 Å². The number of aliphatic hydroxyl groups excluding tert-OH is 2. The fourth-order valence-corrected chi connectivity index (χ4v) is 3.76. The second-order valence-electron chi connectivity index (χ2n) is 3.96. The van der Waals surface area contributed by atoms with Crippen molar-refractivity contribution in [3.8, 4) is 0 Å². The molecule has 1 heterocycles. The van der Waals surface area contributed by atoms with E-state index in [0.717, 1.165) is 19.1 Å². The lowest BCUT2D eigenvalue weighted by atomic mass is 10.5. The molecule has 7 heteroatoms. The molecule has 1 fully saturated rings. The van der Waals surface area contributed by atoms with Crippen LogP contribution in [0.5, 0.6) is 0 Å². The zero-order valence-electron chi connectivity index (χ0n) is 11.6. The third-order valence-electron chi connectivity index (χ3n) is 2.29. The third kappa shape index (κ3) is 11.1. The first kappa shape index (κ1) is 20.3. The van der Waals surface area contributed by atoms with E-state index in [4.69, 9.17) is 19.1 Å². The Morgan fingerprint density at radius 2 is 1.72 bits per heavy atom. The van der Waals surface area contributed by atoms with Crippen molar-refractivity contribution in [3.05, 3.63) is 0 Å². The van der Waals surface area contributed by atoms with Gasteiger partial charge in [-0.1, -0.05) is 0 Å². The average Bonchev–Trinajstić information content (AvgIpc) is 3.11. The average molecular weight is 284 g/mol. The first-order chi connectivity index (χ1) is 8.11. The summed E-state index contributed by atoms with van der Waals surface area (Å²) in [5.74, 6) is 0. The second kappa shape index (κ2) is 12.0. The molecule has 6 nitrogen and oxygen atoms in total. The van der Waals surface area contributed by atoms with Gasteiger partial charge in [-0.05, 0) is 32.9 Å². The Balaban J connectivity index is 0. The fourth-order valence-electron chi connectivity index (χ4n) is 1.37. The lowest BCUT2D eigenvalue weighted by Crippen LogP contribution is -2.38. The first-order valence-electron chi connectivity index (χ1n) is 6.23. The van der Waals surface area contributed by atoms with Gasteiger partial charge in [-0.15, -0.1) is 0 Å². The molecule has 1 atom stereocenters. The zero-order chi connectivity index (χ0) is 13.1. The van der Waals surface area contributed by atoms with Crippen LogP contribution in [-0.4, -0.2) is 63.4 Å². The lowest BCUT2D eigenvalue weighted by molar-refractivity contribution is 0.184. The van der Waals surface area contributed by atoms with Crippen molar-refractivity contribution >= 4 is 8.56 Å². The Hall–Kier alpha value is -0.0231. The molecule has 4 N–H and O–H groups in total. The summed E-state index contributed by atoms with van der Waals surface area (Å²) in [5.41, 5.74) is 0. The molecule has 1 rings (SSSR count). The molecule has 0 spiro atoms. The van der Waals surface area contributed by atoms with Crippen molar-refractivity contribution in [1.29, 1.82) is 0 Å². The predicted molar refractivity (Wildman–Crippen MR) is 71.8 cm³/mol. The highest BCUT2D eigenvalue weighted by atomic mass is 28.4. The molecule has 18 heavy (non-hydrogen) atoms. The van der Waals surface area contributed by atoms with Crippen molar-refractivity contribution in [2.24, 2.45) is 0 Å². The van der Waals surface area contributed by atoms with Gasteiger partial charge in [0.05, 0.1) is 13.2 Å². The SMILES string of the molecule is CCO[Si](C)(CCCO)OCC.O.OCC1CO1. The fraction of sp³-hybridized carbons (Fsp3) is 1.00. The van der Waals surface area contributed by atoms with E-state index >= 15 is 0 Å². The molecule has 1 aliphatic heterocycles. The lowest BCUT2D eigenvalue weighted by Gasteiger charge is -2.25. The number of hydrogen-bond donors (Lipinski definition) is 2. The topological polar surface area (TPSA) is 103 Å². The molecule has 0 aliphatic carbocycles. The van der Waals surface area contributed by atoms with Crippen LogP contribution >= 0.6 is 0 Å². The van der Waals surface area contributed by atoms with E-state index in [1.165, 1.54) is 0 Å². The summed E-state index contributed by atoms with van der Waals surface area (Å²) in [4.78, 5) is 0. The van der Waals surface area contributed by atoms with Gasteiger partial charge in [-0.3, -0.25) is 0 Å². The number of hydrogen-bond acceptors (Lipinski definition) is 5. The third-order valence-corrected chi connectivity index (χ3v) is 5.35. The highest BCUT2D eigenvalue weighted by Crippen LogP contribution is 2.15. The standard InChI is InChI=1S/C8H20O3Si.C3H6O2.H2O/c1-4-10-12(3,11-5-2)8-6-7-9;4-1-3-2-5-3;/h9H,4-8H2,1-3H3;3-4H,1-2H2;1H2. The molecule has 1 unspecified atom stereocenters. The normalized spacial score (nSPS) is 17.5. The van der Waals surface area contributed by atoms with Crippen molar-refractivity contribution in [2.45, 2.75) is 39.0 Å². The van der Waals surface area contributed by atoms with E-state index in [-0.39, 0.29) is 24.8 Å². The Morgan fingerprint density at radius 1 is 1.22 bits per heavy atom. The zero-order valence-corrected chi connectivity index (χ0v) is 12.6. The Morgan fingerprint density at radius 3 is 1.94 bits per heavy atom. The van der Waals surface area contributed by atoms with Crippen molar-refractivity contribution in [1.82, 2.24) is 0 Å². The Bertz CT molecular complexity index is 171. The van der Waals surface area contributed by atoms with Crippen LogP contribution in [0.1, 0.15) is 20.3 Å². The molecule has 0 bridgehead atoms. The van der Waals surface area contributed by atoms with Crippen LogP contribution in [-0.2, 0) is 13.6 Å². The van der Waals surface area contributed by atoms with Crippen molar-refractivity contribution < 1.29 is 29.3 Å². The maximum atomic E-state index is 8.68. The maximum absolute atomic E-state index is 8.68. The Labute approximate surface area is 110 Å². The van der Waals surface area contributed by atoms with E-state index in [1.807, 2.05) is 13.8 Å². The molecule has 1 saturated heterocycles. The molecule has 0 aromatic rings. The molecule has 0 radical (unpaired) electrons. The largest absolute Gasteiger partial charge is 0.412 e. The summed E-state index contributed by atoms with van der Waals surface area (Å²) in [6.07, 6.45) is 0.970. The van der Waals surface area contributed by atoms with Crippen LogP contribution in [0.2, 0.25) is 12.6 Å². The van der Waals surface area contributed by atoms with Crippen LogP contribution in [0.3, 0.4) is 0 Å². The molecule has 0 aromatic carbocycles. The molecule has 112 valence electrons. The molecule has 0 aromatic heterocycles. The molecule has 1 aliphatic rings. The van der Waals surface area contributed by atoms with Gasteiger partial charge in [0.1, 0.15) is 6.10 Å². The van der Waals surface area contributed by atoms with Crippen molar-refractivity contribution in [2.75, 3.05) is 33.0 Å². The molecule has 0 saturated carbocycles. The molecule has 0 amide bonds. The first-order valence-corrected chi connectivity index (χ1v) is 8.75. The summed E-state index contributed by atoms with van der Waals surface area (Å²) in [6.45, 7) is 8.59. The summed E-state index contributed by atoms with van der Waals surface area (Å²) in [6, 6.07) is 0.880. The maximum Gasteiger partial charge on any atom is 0.334 e. The van der Waals surface area contributed by atoms with Crippen LogP contribution in [0, 0.1) is 0 Å². The van der Waals surface area contributed by atoms with Gasteiger partial charge in [-0.25, -0.2) is 0 Å². The second-order valence-corrected chi connectivity index (χ2v) is 7.31. The highest BCUT2D eigenvalue weighted by molar-refractivity contribution is 6.66. The van der Waals surface area contributed by atoms with Gasteiger partial charge in [0.25, 0.3) is 0 Å². The smallest absolute Gasteiger partial charge is 0.334 e. The highest BCUT2D eigenvalue weighted by Gasteiger charge is 2.29. The number of ether oxygens (including phenoxy) is 1. The van der Waals surface area contributed by atoms with E-state index in [0.29, 0.717) is 13.2 Å². The van der Waals surface area contributed by atoms with Gasteiger partial charge in [0.2, 0.25) is 0 Å². The van der Waals surface area contributed by atoms with E-state index in [9.17, 15) is 0 Å². The summed E-state index contributed by atoms with van der Waals surface area (Å²) < 4.78 is 15.8. The summed E-state index contributed by atoms with van der Waals surface area (Å²) in [7, 11) is -1.93. The number of rotatable bonds is 8. The monoisotopic (exact) mass is 284 g/mol. The predicted octanol–water partition coefficient (Wildman–Crippen LogP) is 0.0666. The van der Waals surface area contributed by atoms with Gasteiger partial charge < -0.3 is 29.3 Å². The van der Waals surface area contributed by atoms with E-state index in [2.05, 4.69) is 11.3 Å². The summed E-state index contributed by atoms with van der Waals surface area (Å²) >= 11 is 0. The minimum atomic E-state index is -1.93. The minimum absolute atomic E-state index is 0. The van der Waals surface area contributed by atoms with Gasteiger partial charge in [-0.2, -0.15) is 0 Å². The van der Waals surface area contributed by atoms with Gasteiger partial charge in [0.15, 0.2) is 0 Å². The molecular formula is C11H28O6Si. The van der Waals surface area contributed by atoms with Crippen molar-refractivity contribution in [3.63, 3.8) is 0 Å². The van der Waals surface area contributed by atoms with Crippen LogP contribution < -0.4 is 0 Å². The van der Waals surface area contributed by atoms with Crippen LogP contribution in [0.4, 0.5) is 0 Å². The number of aliphatic hydroxyl groups is 2. The van der Waals surface area contributed by atoms with Gasteiger partial charge in [0, 0.05) is 19.8 Å². The summed E-state index contributed by atoms with van der Waals surface area (Å²) in [5, 5.41) is 16.8. The van der Waals surface area contributed by atoms with Gasteiger partial charge >= 0.3 is 8.56 Å². The quantitative estimate of drug-likeness (QED) is 0.485. The van der Waals surface area contributed by atoms with E-state index < -0.39 is 8.56 Å².